The highest BCUT2D eigenvalue weighted by Gasteiger charge is 2.28. The minimum Gasteiger partial charge on any atom is -0.325 e. The molecule has 0 aliphatic rings. The fourth-order valence-electron chi connectivity index (χ4n) is 3.89. The Hall–Kier alpha value is -0.0800. The van der Waals surface area contributed by atoms with Gasteiger partial charge in [-0.3, -0.25) is 0 Å². The molecule has 0 aliphatic carbocycles. The van der Waals surface area contributed by atoms with E-state index in [1.807, 2.05) is 0 Å². The number of unbranched alkanes of at least 4 members (excludes halogenated alkanes) is 3. The van der Waals surface area contributed by atoms with Crippen LogP contribution < -0.4 is 11.5 Å². The Kier molecular flexibility index (Phi) is 17.5. The lowest BCUT2D eigenvalue weighted by Gasteiger charge is -2.35. The van der Waals surface area contributed by atoms with Crippen LogP contribution in [-0.4, -0.2) is 11.1 Å². The normalized spacial score (nSPS) is 12.2. The van der Waals surface area contributed by atoms with Crippen molar-refractivity contribution in [2.45, 2.75) is 143 Å². The predicted molar refractivity (Wildman–Crippen MR) is 117 cm³/mol. The molecule has 2 nitrogen and oxygen atoms in total. The first-order valence-corrected chi connectivity index (χ1v) is 11.4. The maximum absolute atomic E-state index is 6.46. The summed E-state index contributed by atoms with van der Waals surface area (Å²) in [7, 11) is 0. The molecular formula is C23H52N2. The van der Waals surface area contributed by atoms with Crippen molar-refractivity contribution in [3.63, 3.8) is 0 Å². The van der Waals surface area contributed by atoms with Gasteiger partial charge in [-0.1, -0.05) is 99.8 Å². The van der Waals surface area contributed by atoms with E-state index in [-0.39, 0.29) is 11.1 Å². The topological polar surface area (TPSA) is 52.0 Å². The van der Waals surface area contributed by atoms with Gasteiger partial charge in [-0.2, -0.15) is 0 Å². The summed E-state index contributed by atoms with van der Waals surface area (Å²) in [6, 6.07) is 0. The van der Waals surface area contributed by atoms with Gasteiger partial charge in [0.05, 0.1) is 0 Å². The predicted octanol–water partition coefficient (Wildman–Crippen LogP) is 7.19. The average Bonchev–Trinajstić information content (AvgIpc) is 2.64. The molecule has 0 amide bonds. The molecule has 25 heavy (non-hydrogen) atoms. The van der Waals surface area contributed by atoms with Crippen molar-refractivity contribution in [3.05, 3.63) is 0 Å². The van der Waals surface area contributed by atoms with Crippen LogP contribution in [0, 0.1) is 5.92 Å². The van der Waals surface area contributed by atoms with Gasteiger partial charge in [-0.15, -0.1) is 0 Å². The molecule has 0 spiro atoms. The molecule has 0 unspecified atom stereocenters. The molecule has 4 N–H and O–H groups in total. The van der Waals surface area contributed by atoms with Crippen LogP contribution in [0.3, 0.4) is 0 Å². The fraction of sp³-hybridized carbons (Fsp3) is 1.00. The molecule has 154 valence electrons. The molecular weight excluding hydrogens is 304 g/mol. The van der Waals surface area contributed by atoms with Gasteiger partial charge in [0.1, 0.15) is 0 Å². The molecule has 0 saturated carbocycles. The van der Waals surface area contributed by atoms with Crippen molar-refractivity contribution in [2.24, 2.45) is 17.4 Å². The molecule has 0 bridgehead atoms. The van der Waals surface area contributed by atoms with Gasteiger partial charge in [-0.05, 0) is 38.0 Å². The molecule has 2 heteroatoms. The summed E-state index contributed by atoms with van der Waals surface area (Å²) in [6.07, 6.45) is 16.0. The number of hydrogen-bond acceptors (Lipinski definition) is 2. The third kappa shape index (κ3) is 12.0. The molecule has 0 heterocycles. The smallest absolute Gasteiger partial charge is 0.0177 e. The van der Waals surface area contributed by atoms with Crippen LogP contribution in [0.5, 0.6) is 0 Å². The van der Waals surface area contributed by atoms with Crippen molar-refractivity contribution in [3.8, 4) is 0 Å². The Morgan fingerprint density at radius 1 is 0.600 bits per heavy atom. The van der Waals surface area contributed by atoms with E-state index < -0.39 is 0 Å². The lowest BCUT2D eigenvalue weighted by molar-refractivity contribution is 0.237. The zero-order chi connectivity index (χ0) is 19.8. The van der Waals surface area contributed by atoms with E-state index in [0.717, 1.165) is 12.8 Å². The summed E-state index contributed by atoms with van der Waals surface area (Å²) >= 11 is 0. The lowest BCUT2D eigenvalue weighted by Crippen LogP contribution is -2.45. The summed E-state index contributed by atoms with van der Waals surface area (Å²) in [4.78, 5) is 0. The maximum atomic E-state index is 6.46. The Bertz CT molecular complexity index is 245. The van der Waals surface area contributed by atoms with E-state index in [1.165, 1.54) is 70.6 Å². The SMILES string of the molecule is CCC(CC)C(N)(CC)CC.CCCCC(N)(CCCC)CCCC. The highest BCUT2D eigenvalue weighted by Crippen LogP contribution is 2.27. The van der Waals surface area contributed by atoms with Crippen LogP contribution in [0.4, 0.5) is 0 Å². The zero-order valence-corrected chi connectivity index (χ0v) is 18.9. The second kappa shape index (κ2) is 16.1. The van der Waals surface area contributed by atoms with Crippen LogP contribution in [0.1, 0.15) is 132 Å². The number of nitrogens with two attached hydrogens (primary N) is 2. The van der Waals surface area contributed by atoms with Gasteiger partial charge in [0.25, 0.3) is 0 Å². The van der Waals surface area contributed by atoms with E-state index in [2.05, 4.69) is 48.5 Å². The third-order valence-corrected chi connectivity index (χ3v) is 6.20. The largest absolute Gasteiger partial charge is 0.325 e. The van der Waals surface area contributed by atoms with Crippen LogP contribution >= 0.6 is 0 Å². The zero-order valence-electron chi connectivity index (χ0n) is 18.9. The van der Waals surface area contributed by atoms with E-state index in [1.54, 1.807) is 0 Å². The Morgan fingerprint density at radius 2 is 0.920 bits per heavy atom. The second-order valence-corrected chi connectivity index (χ2v) is 8.13. The van der Waals surface area contributed by atoms with Crippen LogP contribution in [0.2, 0.25) is 0 Å². The van der Waals surface area contributed by atoms with Gasteiger partial charge in [0.15, 0.2) is 0 Å². The first-order chi connectivity index (χ1) is 11.8. The lowest BCUT2D eigenvalue weighted by atomic mass is 9.77. The molecule has 0 saturated heterocycles. The Morgan fingerprint density at radius 3 is 1.08 bits per heavy atom. The molecule has 0 rings (SSSR count). The fourth-order valence-corrected chi connectivity index (χ4v) is 3.89. The third-order valence-electron chi connectivity index (χ3n) is 6.20. The molecule has 0 aromatic heterocycles. The van der Waals surface area contributed by atoms with Crippen LogP contribution in [0.25, 0.3) is 0 Å². The van der Waals surface area contributed by atoms with Crippen molar-refractivity contribution < 1.29 is 0 Å². The van der Waals surface area contributed by atoms with Crippen molar-refractivity contribution in [1.29, 1.82) is 0 Å². The Labute approximate surface area is 160 Å². The van der Waals surface area contributed by atoms with Gasteiger partial charge in [0, 0.05) is 11.1 Å². The minimum atomic E-state index is 0.101. The van der Waals surface area contributed by atoms with Crippen LogP contribution in [-0.2, 0) is 0 Å². The quantitative estimate of drug-likeness (QED) is 0.346. The summed E-state index contributed by atoms with van der Waals surface area (Å²) in [5, 5.41) is 0. The minimum absolute atomic E-state index is 0.101. The molecule has 0 aromatic rings. The summed E-state index contributed by atoms with van der Waals surface area (Å²) in [5.74, 6) is 0.706. The van der Waals surface area contributed by atoms with Crippen molar-refractivity contribution in [2.75, 3.05) is 0 Å². The maximum Gasteiger partial charge on any atom is 0.0177 e. The first kappa shape index (κ1) is 27.1. The standard InChI is InChI=1S/C13H29N.C10H23N/c1-4-7-10-13(14,11-8-5-2)12-9-6-3;1-5-9(6-2)10(11,7-3)8-4/h4-12,14H2,1-3H3;9H,5-8,11H2,1-4H3. The summed E-state index contributed by atoms with van der Waals surface area (Å²) in [6.45, 7) is 15.6. The number of hydrogen-bond donors (Lipinski definition) is 2. The monoisotopic (exact) mass is 356 g/mol. The van der Waals surface area contributed by atoms with Gasteiger partial charge < -0.3 is 11.5 Å². The summed E-state index contributed by atoms with van der Waals surface area (Å²) in [5.41, 5.74) is 13.0. The van der Waals surface area contributed by atoms with Crippen molar-refractivity contribution in [1.82, 2.24) is 0 Å². The van der Waals surface area contributed by atoms with Gasteiger partial charge >= 0.3 is 0 Å². The number of rotatable bonds is 14. The van der Waals surface area contributed by atoms with E-state index >= 15 is 0 Å². The summed E-state index contributed by atoms with van der Waals surface area (Å²) < 4.78 is 0. The highest BCUT2D eigenvalue weighted by atomic mass is 14.7. The van der Waals surface area contributed by atoms with Crippen molar-refractivity contribution >= 4 is 0 Å². The average molecular weight is 357 g/mol. The van der Waals surface area contributed by atoms with Gasteiger partial charge in [0.2, 0.25) is 0 Å². The van der Waals surface area contributed by atoms with E-state index in [0.29, 0.717) is 5.92 Å². The Balaban J connectivity index is 0. The first-order valence-electron chi connectivity index (χ1n) is 11.4. The molecule has 0 aliphatic heterocycles. The molecule has 0 aromatic carbocycles. The van der Waals surface area contributed by atoms with E-state index in [4.69, 9.17) is 11.5 Å². The second-order valence-electron chi connectivity index (χ2n) is 8.13. The molecule has 0 atom stereocenters. The molecule has 0 radical (unpaired) electrons. The van der Waals surface area contributed by atoms with E-state index in [9.17, 15) is 0 Å². The van der Waals surface area contributed by atoms with Crippen LogP contribution in [0.15, 0.2) is 0 Å². The molecule has 0 fully saturated rings. The van der Waals surface area contributed by atoms with Gasteiger partial charge in [-0.25, -0.2) is 0 Å². The highest BCUT2D eigenvalue weighted by molar-refractivity contribution is 4.87.